The maximum Gasteiger partial charge on any atom is 0.270 e. The van der Waals surface area contributed by atoms with Crippen molar-refractivity contribution in [2.75, 3.05) is 32.8 Å². The zero-order chi connectivity index (χ0) is 17.8. The van der Waals surface area contributed by atoms with Crippen LogP contribution in [0.2, 0.25) is 0 Å². The third-order valence-electron chi connectivity index (χ3n) is 4.76. The number of fused-ring (bicyclic) bond motifs is 1. The number of carbonyl (C=O) groups excluding carboxylic acids is 1. The summed E-state index contributed by atoms with van der Waals surface area (Å²) in [5.74, 6) is 2.05. The molecule has 0 saturated carbocycles. The number of rotatable bonds is 5. The van der Waals surface area contributed by atoms with E-state index in [0.717, 1.165) is 41.6 Å². The van der Waals surface area contributed by atoms with E-state index < -0.39 is 0 Å². The molecule has 0 spiro atoms. The van der Waals surface area contributed by atoms with Crippen molar-refractivity contribution < 1.29 is 14.3 Å². The van der Waals surface area contributed by atoms with E-state index in [0.29, 0.717) is 31.4 Å². The Balaban J connectivity index is 1.35. The molecule has 2 aliphatic heterocycles. The van der Waals surface area contributed by atoms with Crippen LogP contribution in [0.1, 0.15) is 29.8 Å². The number of hydrogen-bond acceptors (Lipinski definition) is 6. The molecule has 2 aliphatic rings. The minimum absolute atomic E-state index is 0.103. The van der Waals surface area contributed by atoms with Crippen LogP contribution in [0.3, 0.4) is 0 Å². The fourth-order valence-electron chi connectivity index (χ4n) is 3.34. The van der Waals surface area contributed by atoms with E-state index in [1.54, 1.807) is 0 Å². The topological polar surface area (TPSA) is 72.5 Å². The number of thiazole rings is 1. The lowest BCUT2D eigenvalue weighted by atomic mass is 9.96. The lowest BCUT2D eigenvalue weighted by molar-refractivity contribution is 0.0946. The standard InChI is InChI=1S/C19H23N3O3S/c23-18(21-7-5-13-2-1-6-20-11-13)15-12-26-19(22-15)14-3-4-16-17(10-14)25-9-8-24-16/h3-4,10,12-13,20H,1-2,5-9,11H2,(H,21,23). The van der Waals surface area contributed by atoms with E-state index in [9.17, 15) is 4.79 Å². The second-order valence-corrected chi connectivity index (χ2v) is 7.51. The van der Waals surface area contributed by atoms with Gasteiger partial charge in [-0.1, -0.05) is 0 Å². The van der Waals surface area contributed by atoms with Gasteiger partial charge in [0.15, 0.2) is 11.5 Å². The second kappa shape index (κ2) is 8.05. The van der Waals surface area contributed by atoms with E-state index in [-0.39, 0.29) is 5.91 Å². The van der Waals surface area contributed by atoms with E-state index >= 15 is 0 Å². The van der Waals surface area contributed by atoms with Crippen LogP contribution in [-0.2, 0) is 0 Å². The van der Waals surface area contributed by atoms with Crippen molar-refractivity contribution in [3.8, 4) is 22.1 Å². The van der Waals surface area contributed by atoms with Gasteiger partial charge in [0.1, 0.15) is 23.9 Å². The molecule has 1 atom stereocenters. The number of ether oxygens (including phenoxy) is 2. The number of piperidine rings is 1. The Morgan fingerprint density at radius 1 is 1.31 bits per heavy atom. The summed E-state index contributed by atoms with van der Waals surface area (Å²) in [5.41, 5.74) is 1.41. The Morgan fingerprint density at radius 2 is 2.19 bits per heavy atom. The Hall–Kier alpha value is -2.12. The highest BCUT2D eigenvalue weighted by Gasteiger charge is 2.17. The molecule has 2 N–H and O–H groups in total. The van der Waals surface area contributed by atoms with Gasteiger partial charge < -0.3 is 20.1 Å². The summed E-state index contributed by atoms with van der Waals surface area (Å²) in [5, 5.41) is 9.02. The van der Waals surface area contributed by atoms with Crippen molar-refractivity contribution in [1.82, 2.24) is 15.6 Å². The van der Waals surface area contributed by atoms with Gasteiger partial charge in [-0.25, -0.2) is 4.98 Å². The highest BCUT2D eigenvalue weighted by molar-refractivity contribution is 7.13. The minimum atomic E-state index is -0.103. The van der Waals surface area contributed by atoms with Gasteiger partial charge in [0.25, 0.3) is 5.91 Å². The maximum atomic E-state index is 12.3. The molecule has 6 nitrogen and oxygen atoms in total. The van der Waals surface area contributed by atoms with Crippen molar-refractivity contribution in [3.63, 3.8) is 0 Å². The molecule has 0 bridgehead atoms. The largest absolute Gasteiger partial charge is 0.486 e. The van der Waals surface area contributed by atoms with Crippen LogP contribution in [0.25, 0.3) is 10.6 Å². The van der Waals surface area contributed by atoms with E-state index in [1.807, 2.05) is 23.6 Å². The zero-order valence-corrected chi connectivity index (χ0v) is 15.4. The lowest BCUT2D eigenvalue weighted by Gasteiger charge is -2.22. The van der Waals surface area contributed by atoms with Gasteiger partial charge in [0.2, 0.25) is 0 Å². The SMILES string of the molecule is O=C(NCCC1CCCNC1)c1csc(-c2ccc3c(c2)OCCO3)n1. The number of benzene rings is 1. The average Bonchev–Trinajstić information content (AvgIpc) is 3.19. The number of nitrogens with zero attached hydrogens (tertiary/aromatic N) is 1. The molecule has 7 heteroatoms. The van der Waals surface area contributed by atoms with Gasteiger partial charge in [0, 0.05) is 17.5 Å². The second-order valence-electron chi connectivity index (χ2n) is 6.65. The zero-order valence-electron chi connectivity index (χ0n) is 14.6. The summed E-state index contributed by atoms with van der Waals surface area (Å²) in [4.78, 5) is 16.8. The summed E-state index contributed by atoms with van der Waals surface area (Å²) in [6.07, 6.45) is 3.48. The molecule has 1 amide bonds. The van der Waals surface area contributed by atoms with Gasteiger partial charge in [0.05, 0.1) is 0 Å². The first kappa shape index (κ1) is 17.3. The number of hydrogen-bond donors (Lipinski definition) is 2. The van der Waals surface area contributed by atoms with E-state index in [1.165, 1.54) is 24.2 Å². The average molecular weight is 373 g/mol. The minimum Gasteiger partial charge on any atom is -0.486 e. The van der Waals surface area contributed by atoms with Crippen LogP contribution in [0, 0.1) is 5.92 Å². The fraction of sp³-hybridized carbons (Fsp3) is 0.474. The Morgan fingerprint density at radius 3 is 3.04 bits per heavy atom. The van der Waals surface area contributed by atoms with E-state index in [4.69, 9.17) is 9.47 Å². The quantitative estimate of drug-likeness (QED) is 0.843. The molecular weight excluding hydrogens is 350 g/mol. The molecule has 0 radical (unpaired) electrons. The Bertz CT molecular complexity index is 771. The molecule has 1 fully saturated rings. The van der Waals surface area contributed by atoms with Gasteiger partial charge in [-0.3, -0.25) is 4.79 Å². The monoisotopic (exact) mass is 373 g/mol. The van der Waals surface area contributed by atoms with Gasteiger partial charge in [-0.05, 0) is 56.5 Å². The number of aromatic nitrogens is 1. The molecule has 1 aromatic carbocycles. The molecule has 2 aromatic rings. The highest BCUT2D eigenvalue weighted by atomic mass is 32.1. The first-order valence-electron chi connectivity index (χ1n) is 9.14. The lowest BCUT2D eigenvalue weighted by Crippen LogP contribution is -2.33. The molecule has 1 saturated heterocycles. The number of amides is 1. The predicted molar refractivity (Wildman–Crippen MR) is 101 cm³/mol. The van der Waals surface area contributed by atoms with Crippen LogP contribution in [0.4, 0.5) is 0 Å². The Labute approximate surface area is 156 Å². The maximum absolute atomic E-state index is 12.3. The van der Waals surface area contributed by atoms with Crippen molar-refractivity contribution in [1.29, 1.82) is 0 Å². The smallest absolute Gasteiger partial charge is 0.270 e. The molecule has 26 heavy (non-hydrogen) atoms. The fourth-order valence-corrected chi connectivity index (χ4v) is 4.13. The molecule has 1 unspecified atom stereocenters. The molecular formula is C19H23N3O3S. The number of nitrogens with one attached hydrogen (secondary N) is 2. The number of carbonyl (C=O) groups is 1. The normalized spacial score (nSPS) is 19.2. The molecule has 138 valence electrons. The first-order valence-corrected chi connectivity index (χ1v) is 10.0. The van der Waals surface area contributed by atoms with Crippen LogP contribution < -0.4 is 20.1 Å². The predicted octanol–water partition coefficient (Wildman–Crippen LogP) is 2.70. The molecule has 4 rings (SSSR count). The van der Waals surface area contributed by atoms with Crippen LogP contribution in [0.5, 0.6) is 11.5 Å². The highest BCUT2D eigenvalue weighted by Crippen LogP contribution is 2.35. The van der Waals surface area contributed by atoms with Crippen molar-refractivity contribution in [2.45, 2.75) is 19.3 Å². The van der Waals surface area contributed by atoms with Crippen LogP contribution in [0.15, 0.2) is 23.6 Å². The van der Waals surface area contributed by atoms with Gasteiger partial charge >= 0.3 is 0 Å². The van der Waals surface area contributed by atoms with E-state index in [2.05, 4.69) is 15.6 Å². The summed E-state index contributed by atoms with van der Waals surface area (Å²) in [6, 6.07) is 5.76. The molecule has 0 aliphatic carbocycles. The van der Waals surface area contributed by atoms with Gasteiger partial charge in [-0.2, -0.15) is 0 Å². The van der Waals surface area contributed by atoms with Crippen LogP contribution in [-0.4, -0.2) is 43.7 Å². The summed E-state index contributed by atoms with van der Waals surface area (Å²) in [7, 11) is 0. The molecule has 3 heterocycles. The van der Waals surface area contributed by atoms with Crippen molar-refractivity contribution in [2.24, 2.45) is 5.92 Å². The Kier molecular flexibility index (Phi) is 5.36. The van der Waals surface area contributed by atoms with Crippen molar-refractivity contribution >= 4 is 17.2 Å². The van der Waals surface area contributed by atoms with Crippen molar-refractivity contribution in [3.05, 3.63) is 29.3 Å². The third kappa shape index (κ3) is 3.99. The first-order chi connectivity index (χ1) is 12.8. The third-order valence-corrected chi connectivity index (χ3v) is 5.65. The summed E-state index contributed by atoms with van der Waals surface area (Å²) < 4.78 is 11.2. The molecule has 1 aromatic heterocycles. The summed E-state index contributed by atoms with van der Waals surface area (Å²) in [6.45, 7) is 4.00. The van der Waals surface area contributed by atoms with Gasteiger partial charge in [-0.15, -0.1) is 11.3 Å². The van der Waals surface area contributed by atoms with Crippen LogP contribution >= 0.6 is 11.3 Å². The summed E-state index contributed by atoms with van der Waals surface area (Å²) >= 11 is 1.46.